The van der Waals surface area contributed by atoms with Crippen LogP contribution in [0.25, 0.3) is 0 Å². The molecule has 2 N–H and O–H groups in total. The Morgan fingerprint density at radius 3 is 2.37 bits per heavy atom. The molecule has 0 aromatic carbocycles. The monoisotopic (exact) mass is 269 g/mol. The Bertz CT molecular complexity index is 263. The van der Waals surface area contributed by atoms with E-state index in [0.29, 0.717) is 12.0 Å². The fourth-order valence-electron chi connectivity index (χ4n) is 3.43. The fraction of sp³-hybridized carbons (Fsp3) is 1.00. The molecule has 2 unspecified atom stereocenters. The van der Waals surface area contributed by atoms with Gasteiger partial charge in [-0.1, -0.05) is 0 Å². The van der Waals surface area contributed by atoms with Gasteiger partial charge in [-0.05, 0) is 39.5 Å². The fourth-order valence-corrected chi connectivity index (χ4v) is 3.43. The molecule has 2 heterocycles. The first-order valence-electron chi connectivity index (χ1n) is 7.79. The zero-order chi connectivity index (χ0) is 13.9. The standard InChI is InChI=1S/C15H31N3O/c1-15(2,3)18-8-6-17(7-9-18)14(11-16)13-5-4-10-19-12-13/h13-14H,4-12,16H2,1-3H3. The van der Waals surface area contributed by atoms with E-state index in [1.54, 1.807) is 0 Å². The molecule has 0 aromatic rings. The molecule has 4 nitrogen and oxygen atoms in total. The summed E-state index contributed by atoms with van der Waals surface area (Å²) in [6.45, 7) is 14.1. The number of hydrogen-bond donors (Lipinski definition) is 1. The predicted molar refractivity (Wildman–Crippen MR) is 79.3 cm³/mol. The Balaban J connectivity index is 1.87. The molecule has 2 fully saturated rings. The number of hydrogen-bond acceptors (Lipinski definition) is 4. The van der Waals surface area contributed by atoms with Crippen LogP contribution in [0.15, 0.2) is 0 Å². The van der Waals surface area contributed by atoms with E-state index in [-0.39, 0.29) is 5.54 Å². The molecule has 0 aromatic heterocycles. The summed E-state index contributed by atoms with van der Waals surface area (Å²) in [7, 11) is 0. The molecular formula is C15H31N3O. The van der Waals surface area contributed by atoms with Crippen LogP contribution in [0, 0.1) is 5.92 Å². The van der Waals surface area contributed by atoms with Crippen molar-refractivity contribution < 1.29 is 4.74 Å². The Kier molecular flexibility index (Phi) is 5.23. The van der Waals surface area contributed by atoms with Gasteiger partial charge in [-0.25, -0.2) is 0 Å². The average molecular weight is 269 g/mol. The molecule has 0 radical (unpaired) electrons. The van der Waals surface area contributed by atoms with Crippen LogP contribution in [-0.4, -0.2) is 67.3 Å². The van der Waals surface area contributed by atoms with E-state index in [1.807, 2.05) is 0 Å². The molecular weight excluding hydrogens is 238 g/mol. The summed E-state index contributed by atoms with van der Waals surface area (Å²) in [6, 6.07) is 0.516. The molecule has 0 saturated carbocycles. The van der Waals surface area contributed by atoms with Crippen LogP contribution in [0.2, 0.25) is 0 Å². The lowest BCUT2D eigenvalue weighted by molar-refractivity contribution is -0.0143. The molecule has 2 saturated heterocycles. The van der Waals surface area contributed by atoms with E-state index in [0.717, 1.165) is 45.9 Å². The van der Waals surface area contributed by atoms with Crippen molar-refractivity contribution in [3.05, 3.63) is 0 Å². The first-order valence-corrected chi connectivity index (χ1v) is 7.79. The van der Waals surface area contributed by atoms with E-state index in [2.05, 4.69) is 30.6 Å². The highest BCUT2D eigenvalue weighted by atomic mass is 16.5. The average Bonchev–Trinajstić information content (AvgIpc) is 2.40. The molecule has 0 bridgehead atoms. The number of nitrogens with zero attached hydrogens (tertiary/aromatic N) is 2. The van der Waals surface area contributed by atoms with E-state index >= 15 is 0 Å². The molecule has 0 aliphatic carbocycles. The molecule has 2 atom stereocenters. The van der Waals surface area contributed by atoms with E-state index in [9.17, 15) is 0 Å². The van der Waals surface area contributed by atoms with Gasteiger partial charge < -0.3 is 10.5 Å². The maximum atomic E-state index is 6.04. The number of rotatable bonds is 3. The summed E-state index contributed by atoms with van der Waals surface area (Å²) < 4.78 is 5.64. The van der Waals surface area contributed by atoms with E-state index in [4.69, 9.17) is 10.5 Å². The maximum Gasteiger partial charge on any atom is 0.0509 e. The molecule has 2 aliphatic heterocycles. The first kappa shape index (κ1) is 15.2. The first-order chi connectivity index (χ1) is 9.02. The van der Waals surface area contributed by atoms with Gasteiger partial charge in [-0.15, -0.1) is 0 Å². The predicted octanol–water partition coefficient (Wildman–Crippen LogP) is 1.16. The second-order valence-electron chi connectivity index (χ2n) is 6.97. The van der Waals surface area contributed by atoms with Crippen LogP contribution in [-0.2, 0) is 4.74 Å². The highest BCUT2D eigenvalue weighted by Crippen LogP contribution is 2.23. The van der Waals surface area contributed by atoms with Crippen LogP contribution in [0.3, 0.4) is 0 Å². The van der Waals surface area contributed by atoms with Crippen molar-refractivity contribution in [2.24, 2.45) is 11.7 Å². The molecule has 112 valence electrons. The van der Waals surface area contributed by atoms with E-state index < -0.39 is 0 Å². The summed E-state index contributed by atoms with van der Waals surface area (Å²) in [6.07, 6.45) is 2.48. The third-order valence-electron chi connectivity index (χ3n) is 4.71. The van der Waals surface area contributed by atoms with Crippen LogP contribution in [0.5, 0.6) is 0 Å². The minimum atomic E-state index is 0.290. The van der Waals surface area contributed by atoms with Gasteiger partial charge in [0.1, 0.15) is 0 Å². The Morgan fingerprint density at radius 1 is 1.21 bits per heavy atom. The third-order valence-corrected chi connectivity index (χ3v) is 4.71. The van der Waals surface area contributed by atoms with Gasteiger partial charge in [0.2, 0.25) is 0 Å². The second kappa shape index (κ2) is 6.53. The van der Waals surface area contributed by atoms with Gasteiger partial charge in [0.25, 0.3) is 0 Å². The van der Waals surface area contributed by atoms with Gasteiger partial charge in [-0.3, -0.25) is 9.80 Å². The van der Waals surface area contributed by atoms with Crippen molar-refractivity contribution in [2.45, 2.75) is 45.2 Å². The van der Waals surface area contributed by atoms with Crippen LogP contribution in [0.4, 0.5) is 0 Å². The van der Waals surface area contributed by atoms with Crippen LogP contribution >= 0.6 is 0 Å². The molecule has 0 amide bonds. The maximum absolute atomic E-state index is 6.04. The minimum Gasteiger partial charge on any atom is -0.381 e. The number of ether oxygens (including phenoxy) is 1. The Morgan fingerprint density at radius 2 is 1.89 bits per heavy atom. The van der Waals surface area contributed by atoms with Crippen molar-refractivity contribution in [2.75, 3.05) is 45.9 Å². The summed E-state index contributed by atoms with van der Waals surface area (Å²) in [5.74, 6) is 0.639. The van der Waals surface area contributed by atoms with Crippen molar-refractivity contribution in [1.29, 1.82) is 0 Å². The van der Waals surface area contributed by atoms with Gasteiger partial charge in [-0.2, -0.15) is 0 Å². The number of piperazine rings is 1. The number of nitrogens with two attached hydrogens (primary N) is 1. The third kappa shape index (κ3) is 3.91. The largest absolute Gasteiger partial charge is 0.381 e. The van der Waals surface area contributed by atoms with Gasteiger partial charge in [0.15, 0.2) is 0 Å². The topological polar surface area (TPSA) is 41.7 Å². The van der Waals surface area contributed by atoms with Crippen molar-refractivity contribution >= 4 is 0 Å². The molecule has 2 aliphatic rings. The zero-order valence-corrected chi connectivity index (χ0v) is 12.9. The Labute approximate surface area is 118 Å². The van der Waals surface area contributed by atoms with Gasteiger partial charge in [0.05, 0.1) is 6.61 Å². The van der Waals surface area contributed by atoms with Crippen LogP contribution in [0.1, 0.15) is 33.6 Å². The van der Waals surface area contributed by atoms with Crippen molar-refractivity contribution in [1.82, 2.24) is 9.80 Å². The quantitative estimate of drug-likeness (QED) is 0.835. The highest BCUT2D eigenvalue weighted by molar-refractivity contribution is 4.88. The lowest BCUT2D eigenvalue weighted by Gasteiger charge is -2.46. The SMILES string of the molecule is CC(C)(C)N1CCN(C(CN)C2CCCOC2)CC1. The second-order valence-corrected chi connectivity index (χ2v) is 6.97. The molecule has 4 heteroatoms. The zero-order valence-electron chi connectivity index (χ0n) is 12.9. The highest BCUT2D eigenvalue weighted by Gasteiger charge is 2.32. The van der Waals surface area contributed by atoms with Gasteiger partial charge >= 0.3 is 0 Å². The summed E-state index contributed by atoms with van der Waals surface area (Å²) in [5.41, 5.74) is 6.33. The smallest absolute Gasteiger partial charge is 0.0509 e. The van der Waals surface area contributed by atoms with Crippen molar-refractivity contribution in [3.8, 4) is 0 Å². The van der Waals surface area contributed by atoms with Crippen molar-refractivity contribution in [3.63, 3.8) is 0 Å². The minimum absolute atomic E-state index is 0.290. The summed E-state index contributed by atoms with van der Waals surface area (Å²) >= 11 is 0. The van der Waals surface area contributed by atoms with Gasteiger partial charge in [0, 0.05) is 50.9 Å². The molecule has 2 rings (SSSR count). The lowest BCUT2D eigenvalue weighted by Crippen LogP contribution is -2.58. The summed E-state index contributed by atoms with van der Waals surface area (Å²) in [5, 5.41) is 0. The van der Waals surface area contributed by atoms with Crippen LogP contribution < -0.4 is 5.73 Å². The Hall–Kier alpha value is -0.160. The summed E-state index contributed by atoms with van der Waals surface area (Å²) in [4.78, 5) is 5.18. The molecule has 0 spiro atoms. The molecule has 19 heavy (non-hydrogen) atoms. The normalized spacial score (nSPS) is 29.4. The van der Waals surface area contributed by atoms with E-state index in [1.165, 1.54) is 12.8 Å². The lowest BCUT2D eigenvalue weighted by atomic mass is 9.92.